The normalized spacial score (nSPS) is 13.9. The van der Waals surface area contributed by atoms with Crippen LogP contribution in [0.1, 0.15) is 13.8 Å². The molecule has 1 atom stereocenters. The molecule has 0 spiro atoms. The first-order valence-electron chi connectivity index (χ1n) is 3.69. The summed E-state index contributed by atoms with van der Waals surface area (Å²) in [4.78, 5) is 0. The van der Waals surface area contributed by atoms with Crippen LogP contribution in [0.15, 0.2) is 0 Å². The van der Waals surface area contributed by atoms with E-state index in [0.29, 0.717) is 0 Å². The van der Waals surface area contributed by atoms with E-state index in [1.165, 1.54) is 0 Å². The van der Waals surface area contributed by atoms with Gasteiger partial charge in [-0.3, -0.25) is 0 Å². The van der Waals surface area contributed by atoms with Gasteiger partial charge in [-0.2, -0.15) is 0 Å². The van der Waals surface area contributed by atoms with Gasteiger partial charge in [0.2, 0.25) is 0 Å². The number of hydrogen-bond acceptors (Lipinski definition) is 4. The predicted octanol–water partition coefficient (Wildman–Crippen LogP) is -0.261. The minimum absolute atomic E-state index is 0.0193. The fourth-order valence-electron chi connectivity index (χ4n) is 0.623. The molecule has 2 N–H and O–H groups in total. The summed E-state index contributed by atoms with van der Waals surface area (Å²) in [6.45, 7) is 3.66. The predicted molar refractivity (Wildman–Crippen MR) is 40.1 cm³/mol. The molecule has 68 valence electrons. The average molecular weight is 164 g/mol. The van der Waals surface area contributed by atoms with E-state index in [-0.39, 0.29) is 25.9 Å². The highest BCUT2D eigenvalue weighted by Gasteiger charge is 2.08. The highest BCUT2D eigenvalue weighted by atomic mass is 16.7. The molecule has 0 aromatic heterocycles. The molecule has 0 saturated heterocycles. The largest absolute Gasteiger partial charge is 0.394 e. The summed E-state index contributed by atoms with van der Waals surface area (Å²) in [5, 5.41) is 17.1. The zero-order valence-electron chi connectivity index (χ0n) is 6.99. The molecule has 0 rings (SSSR count). The molecule has 0 saturated carbocycles. The molecule has 0 aliphatic heterocycles. The van der Waals surface area contributed by atoms with Crippen LogP contribution in [0.2, 0.25) is 0 Å². The van der Waals surface area contributed by atoms with Crippen LogP contribution in [0.3, 0.4) is 0 Å². The molecule has 0 aromatic carbocycles. The Kier molecular flexibility index (Phi) is 6.45. The highest BCUT2D eigenvalue weighted by Crippen LogP contribution is 1.98. The second-order valence-electron chi connectivity index (χ2n) is 2.39. The van der Waals surface area contributed by atoms with E-state index in [0.717, 1.165) is 0 Å². The van der Waals surface area contributed by atoms with E-state index in [4.69, 9.17) is 19.7 Å². The Morgan fingerprint density at radius 1 is 1.27 bits per heavy atom. The minimum atomic E-state index is -0.609. The maximum atomic E-state index is 8.67. The average Bonchev–Trinajstić information content (AvgIpc) is 1.97. The van der Waals surface area contributed by atoms with E-state index in [1.807, 2.05) is 13.8 Å². The molecule has 0 unspecified atom stereocenters. The molecule has 11 heavy (non-hydrogen) atoms. The smallest absolute Gasteiger partial charge is 0.180 e. The Labute approximate surface area is 66.7 Å². The quantitative estimate of drug-likeness (QED) is 0.531. The lowest BCUT2D eigenvalue weighted by atomic mass is 10.5. The van der Waals surface area contributed by atoms with Crippen molar-refractivity contribution >= 4 is 0 Å². The van der Waals surface area contributed by atoms with E-state index < -0.39 is 6.29 Å². The van der Waals surface area contributed by atoms with Gasteiger partial charge in [0.25, 0.3) is 0 Å². The fourth-order valence-corrected chi connectivity index (χ4v) is 0.623. The van der Waals surface area contributed by atoms with Crippen LogP contribution in [0, 0.1) is 0 Å². The monoisotopic (exact) mass is 164 g/mol. The van der Waals surface area contributed by atoms with E-state index >= 15 is 0 Å². The number of aliphatic hydroxyl groups excluding tert-OH is 2. The van der Waals surface area contributed by atoms with Crippen molar-refractivity contribution in [1.29, 1.82) is 0 Å². The number of aliphatic hydroxyl groups is 2. The summed E-state index contributed by atoms with van der Waals surface area (Å²) in [6, 6.07) is 0. The molecule has 4 heteroatoms. The Morgan fingerprint density at radius 2 is 1.91 bits per heavy atom. The van der Waals surface area contributed by atoms with Gasteiger partial charge in [0.1, 0.15) is 0 Å². The molecule has 4 nitrogen and oxygen atoms in total. The summed E-state index contributed by atoms with van der Waals surface area (Å²) in [5.74, 6) is 0. The third kappa shape index (κ3) is 6.25. The van der Waals surface area contributed by atoms with Crippen LogP contribution >= 0.6 is 0 Å². The lowest BCUT2D eigenvalue weighted by Gasteiger charge is -2.17. The van der Waals surface area contributed by atoms with E-state index in [2.05, 4.69) is 0 Å². The molecule has 0 aliphatic rings. The van der Waals surface area contributed by atoms with E-state index in [1.54, 1.807) is 0 Å². The van der Waals surface area contributed by atoms with Gasteiger partial charge in [0, 0.05) is 0 Å². The topological polar surface area (TPSA) is 58.9 Å². The van der Waals surface area contributed by atoms with Crippen molar-refractivity contribution in [3.63, 3.8) is 0 Å². The third-order valence-corrected chi connectivity index (χ3v) is 0.968. The van der Waals surface area contributed by atoms with Crippen molar-refractivity contribution in [2.75, 3.05) is 19.8 Å². The standard InChI is InChI=1S/C7H16O4/c1-6(2)11-7(5-9)10-4-3-8/h6-9H,3-5H2,1-2H3/t7-/m1/s1. The van der Waals surface area contributed by atoms with Gasteiger partial charge in [0.05, 0.1) is 25.9 Å². The molecular weight excluding hydrogens is 148 g/mol. The maximum absolute atomic E-state index is 8.67. The number of ether oxygens (including phenoxy) is 2. The molecule has 0 fully saturated rings. The molecular formula is C7H16O4. The lowest BCUT2D eigenvalue weighted by Crippen LogP contribution is -2.26. The molecule has 0 heterocycles. The van der Waals surface area contributed by atoms with Gasteiger partial charge in [-0.1, -0.05) is 0 Å². The van der Waals surface area contributed by atoms with Crippen molar-refractivity contribution in [1.82, 2.24) is 0 Å². The van der Waals surface area contributed by atoms with Crippen molar-refractivity contribution in [3.05, 3.63) is 0 Å². The molecule has 0 bridgehead atoms. The molecule has 0 radical (unpaired) electrons. The fraction of sp³-hybridized carbons (Fsp3) is 1.00. The first kappa shape index (κ1) is 10.8. The Morgan fingerprint density at radius 3 is 2.27 bits per heavy atom. The first-order valence-corrected chi connectivity index (χ1v) is 3.69. The number of rotatable bonds is 6. The van der Waals surface area contributed by atoms with Crippen LogP contribution in [-0.2, 0) is 9.47 Å². The molecule has 0 aromatic rings. The molecule has 0 amide bonds. The minimum Gasteiger partial charge on any atom is -0.394 e. The van der Waals surface area contributed by atoms with Gasteiger partial charge >= 0.3 is 0 Å². The van der Waals surface area contributed by atoms with Crippen molar-refractivity contribution < 1.29 is 19.7 Å². The number of hydrogen-bond donors (Lipinski definition) is 2. The van der Waals surface area contributed by atoms with Crippen molar-refractivity contribution in [2.24, 2.45) is 0 Å². The van der Waals surface area contributed by atoms with E-state index in [9.17, 15) is 0 Å². The SMILES string of the molecule is CC(C)O[C@H](CO)OCCO. The molecule has 0 aliphatic carbocycles. The summed E-state index contributed by atoms with van der Waals surface area (Å²) < 4.78 is 10.0. The highest BCUT2D eigenvalue weighted by molar-refractivity contribution is 4.43. The van der Waals surface area contributed by atoms with Crippen LogP contribution in [-0.4, -0.2) is 42.4 Å². The zero-order chi connectivity index (χ0) is 8.69. The van der Waals surface area contributed by atoms with Gasteiger partial charge < -0.3 is 19.7 Å². The summed E-state index contributed by atoms with van der Waals surface area (Å²) in [6.07, 6.45) is -0.590. The first-order chi connectivity index (χ1) is 5.20. The Balaban J connectivity index is 3.41. The lowest BCUT2D eigenvalue weighted by molar-refractivity contribution is -0.184. The van der Waals surface area contributed by atoms with Crippen LogP contribution in [0.5, 0.6) is 0 Å². The van der Waals surface area contributed by atoms with Crippen LogP contribution in [0.25, 0.3) is 0 Å². The maximum Gasteiger partial charge on any atom is 0.180 e. The zero-order valence-corrected chi connectivity index (χ0v) is 6.99. The van der Waals surface area contributed by atoms with Gasteiger partial charge in [-0.05, 0) is 13.8 Å². The van der Waals surface area contributed by atoms with Crippen molar-refractivity contribution in [2.45, 2.75) is 26.2 Å². The van der Waals surface area contributed by atoms with Crippen LogP contribution in [0.4, 0.5) is 0 Å². The van der Waals surface area contributed by atoms with Gasteiger partial charge in [-0.25, -0.2) is 0 Å². The summed E-state index contributed by atoms with van der Waals surface area (Å²) in [5.41, 5.74) is 0. The summed E-state index contributed by atoms with van der Waals surface area (Å²) in [7, 11) is 0. The third-order valence-electron chi connectivity index (χ3n) is 0.968. The van der Waals surface area contributed by atoms with Crippen molar-refractivity contribution in [3.8, 4) is 0 Å². The second-order valence-corrected chi connectivity index (χ2v) is 2.39. The van der Waals surface area contributed by atoms with Gasteiger partial charge in [-0.15, -0.1) is 0 Å². The summed E-state index contributed by atoms with van der Waals surface area (Å²) >= 11 is 0. The second kappa shape index (κ2) is 6.54. The Hall–Kier alpha value is -0.160. The van der Waals surface area contributed by atoms with Gasteiger partial charge in [0.15, 0.2) is 6.29 Å². The Bertz CT molecular complexity index is 84.5. The van der Waals surface area contributed by atoms with Crippen LogP contribution < -0.4 is 0 Å².